The van der Waals surface area contributed by atoms with Crippen LogP contribution >= 0.6 is 0 Å². The van der Waals surface area contributed by atoms with Crippen molar-refractivity contribution in [3.05, 3.63) is 23.9 Å². The minimum absolute atomic E-state index is 0.0569. The van der Waals surface area contributed by atoms with E-state index in [4.69, 9.17) is 9.47 Å². The Bertz CT molecular complexity index is 561. The fourth-order valence-electron chi connectivity index (χ4n) is 2.35. The molecule has 1 aromatic heterocycles. The van der Waals surface area contributed by atoms with Crippen LogP contribution in [0.2, 0.25) is 0 Å². The number of halogens is 3. The number of alkyl halides is 3. The Morgan fingerprint density at radius 1 is 1.44 bits per heavy atom. The zero-order valence-electron chi connectivity index (χ0n) is 14.1. The SMILES string of the molecule is CCNC(=NCc1cccnc1OCC(F)(F)F)NCC1CCCO1. The van der Waals surface area contributed by atoms with E-state index >= 15 is 0 Å². The molecule has 0 spiro atoms. The normalized spacial score (nSPS) is 18.2. The fraction of sp³-hybridized carbons (Fsp3) is 0.625. The molecule has 1 aliphatic rings. The number of guanidine groups is 1. The summed E-state index contributed by atoms with van der Waals surface area (Å²) in [7, 11) is 0. The van der Waals surface area contributed by atoms with Gasteiger partial charge in [0, 0.05) is 31.5 Å². The number of aliphatic imine (C=N–C) groups is 1. The Hall–Kier alpha value is -2.03. The molecular weight excluding hydrogens is 337 g/mol. The zero-order chi connectivity index (χ0) is 18.1. The molecule has 0 amide bonds. The Morgan fingerprint density at radius 3 is 2.96 bits per heavy atom. The highest BCUT2D eigenvalue weighted by Crippen LogP contribution is 2.20. The largest absolute Gasteiger partial charge is 0.468 e. The van der Waals surface area contributed by atoms with Gasteiger partial charge in [-0.05, 0) is 25.8 Å². The van der Waals surface area contributed by atoms with E-state index in [-0.39, 0.29) is 18.5 Å². The maximum atomic E-state index is 12.3. The molecule has 9 heteroatoms. The highest BCUT2D eigenvalue weighted by atomic mass is 19.4. The molecule has 2 rings (SSSR count). The third-order valence-corrected chi connectivity index (χ3v) is 3.50. The summed E-state index contributed by atoms with van der Waals surface area (Å²) < 4.78 is 47.3. The summed E-state index contributed by atoms with van der Waals surface area (Å²) in [5, 5.41) is 6.28. The molecule has 1 saturated heterocycles. The molecule has 0 saturated carbocycles. The van der Waals surface area contributed by atoms with Crippen LogP contribution in [0.1, 0.15) is 25.3 Å². The summed E-state index contributed by atoms with van der Waals surface area (Å²) in [5.74, 6) is 0.516. The first-order valence-electron chi connectivity index (χ1n) is 8.25. The second-order valence-electron chi connectivity index (χ2n) is 5.58. The number of rotatable bonds is 7. The van der Waals surface area contributed by atoms with E-state index in [1.807, 2.05) is 6.92 Å². The standard InChI is InChI=1S/C16H23F3N4O2/c1-2-20-15(23-10-13-6-4-8-24-13)22-9-12-5-3-7-21-14(12)25-11-16(17,18)19/h3,5,7,13H,2,4,6,8-11H2,1H3,(H2,20,22,23). The van der Waals surface area contributed by atoms with Crippen LogP contribution in [0.15, 0.2) is 23.3 Å². The van der Waals surface area contributed by atoms with Gasteiger partial charge in [-0.2, -0.15) is 13.2 Å². The molecule has 25 heavy (non-hydrogen) atoms. The number of aromatic nitrogens is 1. The highest BCUT2D eigenvalue weighted by molar-refractivity contribution is 5.79. The first-order valence-corrected chi connectivity index (χ1v) is 8.25. The van der Waals surface area contributed by atoms with Crippen molar-refractivity contribution < 1.29 is 22.6 Å². The van der Waals surface area contributed by atoms with Gasteiger partial charge in [-0.15, -0.1) is 0 Å². The summed E-state index contributed by atoms with van der Waals surface area (Å²) in [6, 6.07) is 3.28. The van der Waals surface area contributed by atoms with E-state index in [9.17, 15) is 13.2 Å². The Labute approximate surface area is 144 Å². The second kappa shape index (κ2) is 9.45. The molecule has 0 aliphatic carbocycles. The Kier molecular flexibility index (Phi) is 7.30. The molecule has 1 atom stereocenters. The van der Waals surface area contributed by atoms with Crippen molar-refractivity contribution in [3.63, 3.8) is 0 Å². The topological polar surface area (TPSA) is 67.8 Å². The molecule has 6 nitrogen and oxygen atoms in total. The van der Waals surface area contributed by atoms with Gasteiger partial charge < -0.3 is 20.1 Å². The van der Waals surface area contributed by atoms with Crippen LogP contribution in [0, 0.1) is 0 Å². The summed E-state index contributed by atoms with van der Waals surface area (Å²) in [5.41, 5.74) is 0.487. The van der Waals surface area contributed by atoms with Crippen LogP contribution in [0.5, 0.6) is 5.88 Å². The predicted molar refractivity (Wildman–Crippen MR) is 87.6 cm³/mol. The van der Waals surface area contributed by atoms with Gasteiger partial charge >= 0.3 is 6.18 Å². The fourth-order valence-corrected chi connectivity index (χ4v) is 2.35. The molecule has 0 bridgehead atoms. The van der Waals surface area contributed by atoms with Crippen molar-refractivity contribution in [3.8, 4) is 5.88 Å². The van der Waals surface area contributed by atoms with Crippen LogP contribution in [0.4, 0.5) is 13.2 Å². The van der Waals surface area contributed by atoms with E-state index in [0.29, 0.717) is 24.6 Å². The third kappa shape index (κ3) is 7.16. The molecular formula is C16H23F3N4O2. The van der Waals surface area contributed by atoms with Gasteiger partial charge in [0.15, 0.2) is 12.6 Å². The maximum Gasteiger partial charge on any atom is 0.422 e. The number of ether oxygens (including phenoxy) is 2. The van der Waals surface area contributed by atoms with Gasteiger partial charge in [0.05, 0.1) is 12.6 Å². The second-order valence-corrected chi connectivity index (χ2v) is 5.58. The lowest BCUT2D eigenvalue weighted by Gasteiger charge is -2.15. The van der Waals surface area contributed by atoms with Gasteiger partial charge in [-0.3, -0.25) is 0 Å². The lowest BCUT2D eigenvalue weighted by Crippen LogP contribution is -2.41. The van der Waals surface area contributed by atoms with Crippen molar-refractivity contribution in [2.75, 3.05) is 26.3 Å². The molecule has 0 aromatic carbocycles. The van der Waals surface area contributed by atoms with Gasteiger partial charge in [0.2, 0.25) is 5.88 Å². The van der Waals surface area contributed by atoms with Crippen LogP contribution in [0.25, 0.3) is 0 Å². The summed E-state index contributed by atoms with van der Waals surface area (Å²) in [4.78, 5) is 8.25. The summed E-state index contributed by atoms with van der Waals surface area (Å²) in [6.07, 6.45) is -0.802. The molecule has 2 heterocycles. The van der Waals surface area contributed by atoms with E-state index in [1.54, 1.807) is 12.1 Å². The summed E-state index contributed by atoms with van der Waals surface area (Å²) >= 11 is 0. The maximum absolute atomic E-state index is 12.3. The van der Waals surface area contributed by atoms with Gasteiger partial charge in [0.25, 0.3) is 0 Å². The van der Waals surface area contributed by atoms with Crippen LogP contribution < -0.4 is 15.4 Å². The molecule has 1 aromatic rings. The van der Waals surface area contributed by atoms with Crippen molar-refractivity contribution in [1.82, 2.24) is 15.6 Å². The molecule has 2 N–H and O–H groups in total. The monoisotopic (exact) mass is 360 g/mol. The van der Waals surface area contributed by atoms with E-state index in [2.05, 4.69) is 20.6 Å². The van der Waals surface area contributed by atoms with Crippen LogP contribution in [-0.4, -0.2) is 49.5 Å². The van der Waals surface area contributed by atoms with Crippen molar-refractivity contribution in [2.24, 2.45) is 4.99 Å². The molecule has 1 aliphatic heterocycles. The number of hydrogen-bond acceptors (Lipinski definition) is 4. The lowest BCUT2D eigenvalue weighted by atomic mass is 10.2. The molecule has 1 fully saturated rings. The Balaban J connectivity index is 1.96. The van der Waals surface area contributed by atoms with Gasteiger partial charge in [0.1, 0.15) is 0 Å². The van der Waals surface area contributed by atoms with E-state index in [0.717, 1.165) is 19.4 Å². The van der Waals surface area contributed by atoms with Crippen molar-refractivity contribution >= 4 is 5.96 Å². The molecule has 140 valence electrons. The first kappa shape index (κ1) is 19.3. The predicted octanol–water partition coefficient (Wildman–Crippen LogP) is 2.26. The number of hydrogen-bond donors (Lipinski definition) is 2. The number of pyridine rings is 1. The first-order chi connectivity index (χ1) is 12.0. The summed E-state index contributed by atoms with van der Waals surface area (Å²) in [6.45, 7) is 2.79. The average Bonchev–Trinajstić information content (AvgIpc) is 3.09. The minimum atomic E-state index is -4.41. The third-order valence-electron chi connectivity index (χ3n) is 3.50. The van der Waals surface area contributed by atoms with Crippen molar-refractivity contribution in [1.29, 1.82) is 0 Å². The highest BCUT2D eigenvalue weighted by Gasteiger charge is 2.29. The average molecular weight is 360 g/mol. The van der Waals surface area contributed by atoms with Crippen molar-refractivity contribution in [2.45, 2.75) is 38.6 Å². The molecule has 0 radical (unpaired) electrons. The van der Waals surface area contributed by atoms with Crippen LogP contribution in [-0.2, 0) is 11.3 Å². The van der Waals surface area contributed by atoms with E-state index < -0.39 is 12.8 Å². The lowest BCUT2D eigenvalue weighted by molar-refractivity contribution is -0.154. The molecule has 1 unspecified atom stereocenters. The zero-order valence-corrected chi connectivity index (χ0v) is 14.1. The van der Waals surface area contributed by atoms with E-state index in [1.165, 1.54) is 6.20 Å². The number of nitrogens with zero attached hydrogens (tertiary/aromatic N) is 2. The number of nitrogens with one attached hydrogen (secondary N) is 2. The van der Waals surface area contributed by atoms with Gasteiger partial charge in [-0.1, -0.05) is 6.07 Å². The van der Waals surface area contributed by atoms with Gasteiger partial charge in [-0.25, -0.2) is 9.98 Å². The van der Waals surface area contributed by atoms with Crippen LogP contribution in [0.3, 0.4) is 0 Å². The Morgan fingerprint density at radius 2 is 2.28 bits per heavy atom. The quantitative estimate of drug-likeness (QED) is 0.577. The minimum Gasteiger partial charge on any atom is -0.468 e. The smallest absolute Gasteiger partial charge is 0.422 e.